The number of amides is 1. The Kier molecular flexibility index (Phi) is 5.82. The number of ether oxygens (including phenoxy) is 1. The summed E-state index contributed by atoms with van der Waals surface area (Å²) in [4.78, 5) is 12.4. The van der Waals surface area contributed by atoms with E-state index in [-0.39, 0.29) is 16.3 Å². The van der Waals surface area contributed by atoms with E-state index in [2.05, 4.69) is 20.2 Å². The first kappa shape index (κ1) is 20.1. The first-order chi connectivity index (χ1) is 13.2. The SMILES string of the molecule is COc1ccc(-c2nnc(NC(=O)c3ccc(NS(C)(=O)=O)cc3Cl)s2)cc1. The number of halogens is 1. The lowest BCUT2D eigenvalue weighted by atomic mass is 10.2. The highest BCUT2D eigenvalue weighted by Gasteiger charge is 2.15. The molecular formula is C17H15ClN4O4S2. The third kappa shape index (κ3) is 4.97. The van der Waals surface area contributed by atoms with Gasteiger partial charge in [-0.15, -0.1) is 10.2 Å². The van der Waals surface area contributed by atoms with Gasteiger partial charge in [0.05, 0.1) is 24.0 Å². The molecule has 0 saturated carbocycles. The predicted molar refractivity (Wildman–Crippen MR) is 110 cm³/mol. The number of carbonyl (C=O) groups is 1. The molecule has 146 valence electrons. The van der Waals surface area contributed by atoms with Gasteiger partial charge in [0.2, 0.25) is 15.2 Å². The van der Waals surface area contributed by atoms with Gasteiger partial charge < -0.3 is 4.74 Å². The highest BCUT2D eigenvalue weighted by Crippen LogP contribution is 2.29. The van der Waals surface area contributed by atoms with Gasteiger partial charge in [-0.3, -0.25) is 14.8 Å². The molecule has 0 spiro atoms. The van der Waals surface area contributed by atoms with E-state index in [1.807, 2.05) is 12.1 Å². The molecule has 0 aliphatic carbocycles. The number of nitrogens with one attached hydrogen (secondary N) is 2. The van der Waals surface area contributed by atoms with Gasteiger partial charge in [0, 0.05) is 11.3 Å². The number of rotatable bonds is 6. The second kappa shape index (κ2) is 8.13. The van der Waals surface area contributed by atoms with Crippen LogP contribution in [0.4, 0.5) is 10.8 Å². The number of methoxy groups -OCH3 is 1. The van der Waals surface area contributed by atoms with Gasteiger partial charge in [-0.25, -0.2) is 8.42 Å². The highest BCUT2D eigenvalue weighted by atomic mass is 35.5. The summed E-state index contributed by atoms with van der Waals surface area (Å²) in [6, 6.07) is 11.5. The van der Waals surface area contributed by atoms with E-state index in [0.717, 1.165) is 17.6 Å². The van der Waals surface area contributed by atoms with Crippen LogP contribution in [0.1, 0.15) is 10.4 Å². The topological polar surface area (TPSA) is 110 Å². The Labute approximate surface area is 170 Å². The van der Waals surface area contributed by atoms with Crippen LogP contribution in [0.5, 0.6) is 5.75 Å². The van der Waals surface area contributed by atoms with Crippen LogP contribution in [0.2, 0.25) is 5.02 Å². The van der Waals surface area contributed by atoms with Crippen LogP contribution in [0.15, 0.2) is 42.5 Å². The Balaban J connectivity index is 1.73. The number of aromatic nitrogens is 2. The number of hydrogen-bond donors (Lipinski definition) is 2. The van der Waals surface area contributed by atoms with Crippen LogP contribution in [0, 0.1) is 0 Å². The molecule has 3 aromatic rings. The van der Waals surface area contributed by atoms with Crippen LogP contribution >= 0.6 is 22.9 Å². The van der Waals surface area contributed by atoms with E-state index in [9.17, 15) is 13.2 Å². The van der Waals surface area contributed by atoms with Gasteiger partial charge in [-0.1, -0.05) is 22.9 Å². The van der Waals surface area contributed by atoms with Crippen molar-refractivity contribution in [2.45, 2.75) is 0 Å². The van der Waals surface area contributed by atoms with Crippen molar-refractivity contribution in [3.63, 3.8) is 0 Å². The van der Waals surface area contributed by atoms with Crippen LogP contribution in [-0.2, 0) is 10.0 Å². The molecule has 0 aliphatic rings. The second-order valence-corrected chi connectivity index (χ2v) is 8.80. The van der Waals surface area contributed by atoms with Crippen LogP contribution < -0.4 is 14.8 Å². The minimum atomic E-state index is -3.44. The van der Waals surface area contributed by atoms with E-state index in [4.69, 9.17) is 16.3 Å². The minimum Gasteiger partial charge on any atom is -0.497 e. The summed E-state index contributed by atoms with van der Waals surface area (Å²) in [5.41, 5.74) is 1.29. The largest absolute Gasteiger partial charge is 0.497 e. The molecule has 0 saturated heterocycles. The average Bonchev–Trinajstić information content (AvgIpc) is 3.09. The van der Waals surface area contributed by atoms with Crippen molar-refractivity contribution in [3.05, 3.63) is 53.1 Å². The summed E-state index contributed by atoms with van der Waals surface area (Å²) < 4.78 is 30.0. The molecule has 0 aliphatic heterocycles. The van der Waals surface area contributed by atoms with Crippen molar-refractivity contribution in [1.29, 1.82) is 0 Å². The Morgan fingerprint density at radius 1 is 1.14 bits per heavy atom. The molecule has 2 aromatic carbocycles. The maximum absolute atomic E-state index is 12.4. The zero-order valence-corrected chi connectivity index (χ0v) is 17.2. The lowest BCUT2D eigenvalue weighted by Gasteiger charge is -2.07. The minimum absolute atomic E-state index is 0.103. The van der Waals surface area contributed by atoms with E-state index in [0.29, 0.717) is 10.1 Å². The summed E-state index contributed by atoms with van der Waals surface area (Å²) in [5.74, 6) is 0.249. The molecule has 2 N–H and O–H groups in total. The van der Waals surface area contributed by atoms with Gasteiger partial charge in [0.15, 0.2) is 0 Å². The summed E-state index contributed by atoms with van der Waals surface area (Å²) in [6.45, 7) is 0. The second-order valence-electron chi connectivity index (χ2n) is 5.66. The van der Waals surface area contributed by atoms with Gasteiger partial charge in [0.1, 0.15) is 10.8 Å². The van der Waals surface area contributed by atoms with Crippen molar-refractivity contribution in [3.8, 4) is 16.3 Å². The zero-order chi connectivity index (χ0) is 20.3. The number of benzene rings is 2. The molecule has 3 rings (SSSR count). The number of sulfonamides is 1. The standard InChI is InChI=1S/C17H15ClN4O4S2/c1-26-12-6-3-10(4-7-12)16-20-21-17(27-16)19-15(23)13-8-5-11(9-14(13)18)22-28(2,24)25/h3-9,22H,1-2H3,(H,19,21,23). The Morgan fingerprint density at radius 2 is 1.86 bits per heavy atom. The lowest BCUT2D eigenvalue weighted by Crippen LogP contribution is -2.13. The normalized spacial score (nSPS) is 11.1. The average molecular weight is 439 g/mol. The third-order valence-corrected chi connectivity index (χ3v) is 5.31. The summed E-state index contributed by atoms with van der Waals surface area (Å²) in [7, 11) is -1.85. The van der Waals surface area contributed by atoms with Gasteiger partial charge >= 0.3 is 0 Å². The number of anilines is 2. The van der Waals surface area contributed by atoms with Crippen LogP contribution in [-0.4, -0.2) is 37.9 Å². The molecule has 0 bridgehead atoms. The smallest absolute Gasteiger partial charge is 0.259 e. The zero-order valence-electron chi connectivity index (χ0n) is 14.8. The first-order valence-electron chi connectivity index (χ1n) is 7.82. The van der Waals surface area contributed by atoms with E-state index < -0.39 is 15.9 Å². The molecule has 1 aromatic heterocycles. The predicted octanol–water partition coefficient (Wildman–Crippen LogP) is 3.49. The molecule has 0 radical (unpaired) electrons. The molecule has 0 fully saturated rings. The number of nitrogens with zero attached hydrogens (tertiary/aromatic N) is 2. The maximum atomic E-state index is 12.4. The van der Waals surface area contributed by atoms with E-state index in [1.165, 1.54) is 29.5 Å². The van der Waals surface area contributed by atoms with Gasteiger partial charge in [-0.2, -0.15) is 0 Å². The fourth-order valence-electron chi connectivity index (χ4n) is 2.27. The Bertz CT molecular complexity index is 1110. The lowest BCUT2D eigenvalue weighted by molar-refractivity contribution is 0.102. The summed E-state index contributed by atoms with van der Waals surface area (Å²) >= 11 is 7.32. The summed E-state index contributed by atoms with van der Waals surface area (Å²) in [6.07, 6.45) is 1.03. The van der Waals surface area contributed by atoms with Crippen LogP contribution in [0.3, 0.4) is 0 Å². The Morgan fingerprint density at radius 3 is 2.46 bits per heavy atom. The molecule has 8 nitrogen and oxygen atoms in total. The molecular weight excluding hydrogens is 424 g/mol. The maximum Gasteiger partial charge on any atom is 0.259 e. The quantitative estimate of drug-likeness (QED) is 0.609. The van der Waals surface area contributed by atoms with Crippen LogP contribution in [0.25, 0.3) is 10.6 Å². The molecule has 0 unspecified atom stereocenters. The molecule has 0 atom stereocenters. The van der Waals surface area contributed by atoms with E-state index >= 15 is 0 Å². The van der Waals surface area contributed by atoms with E-state index in [1.54, 1.807) is 19.2 Å². The fourth-order valence-corrected chi connectivity index (χ4v) is 3.83. The fraction of sp³-hybridized carbons (Fsp3) is 0.118. The third-order valence-electron chi connectivity index (χ3n) is 3.50. The van der Waals surface area contributed by atoms with Crippen molar-refractivity contribution in [2.75, 3.05) is 23.4 Å². The van der Waals surface area contributed by atoms with Gasteiger partial charge in [-0.05, 0) is 42.5 Å². The van der Waals surface area contributed by atoms with Crippen molar-refractivity contribution >= 4 is 49.7 Å². The van der Waals surface area contributed by atoms with Crippen molar-refractivity contribution < 1.29 is 17.9 Å². The number of carbonyl (C=O) groups excluding carboxylic acids is 1. The van der Waals surface area contributed by atoms with Crippen molar-refractivity contribution in [2.24, 2.45) is 0 Å². The Hall–Kier alpha value is -2.69. The molecule has 11 heteroatoms. The molecule has 1 heterocycles. The molecule has 28 heavy (non-hydrogen) atoms. The highest BCUT2D eigenvalue weighted by molar-refractivity contribution is 7.92. The first-order valence-corrected chi connectivity index (χ1v) is 10.9. The molecule has 1 amide bonds. The van der Waals surface area contributed by atoms with Gasteiger partial charge in [0.25, 0.3) is 5.91 Å². The van der Waals surface area contributed by atoms with Crippen molar-refractivity contribution in [1.82, 2.24) is 10.2 Å². The monoisotopic (exact) mass is 438 g/mol. The number of hydrogen-bond acceptors (Lipinski definition) is 7. The summed E-state index contributed by atoms with van der Waals surface area (Å²) in [5, 5.41) is 11.7.